The fraction of sp³-hybridized carbons (Fsp3) is 0.391. The van der Waals surface area contributed by atoms with Gasteiger partial charge in [0.1, 0.15) is 28.1 Å². The van der Waals surface area contributed by atoms with E-state index in [0.717, 1.165) is 24.0 Å². The quantitative estimate of drug-likeness (QED) is 0.655. The zero-order chi connectivity index (χ0) is 22.6. The van der Waals surface area contributed by atoms with E-state index in [4.69, 9.17) is 14.5 Å². The maximum absolute atomic E-state index is 13.0. The molecule has 1 aliphatic carbocycles. The van der Waals surface area contributed by atoms with E-state index in [-0.39, 0.29) is 5.56 Å². The average molecular weight is 436 g/mol. The van der Waals surface area contributed by atoms with E-state index in [0.29, 0.717) is 53.3 Å². The van der Waals surface area contributed by atoms with Crippen molar-refractivity contribution in [1.82, 2.24) is 19.3 Å². The molecule has 1 fully saturated rings. The Morgan fingerprint density at radius 3 is 2.50 bits per heavy atom. The van der Waals surface area contributed by atoms with Gasteiger partial charge in [-0.15, -0.1) is 0 Å². The molecule has 0 radical (unpaired) electrons. The third-order valence-electron chi connectivity index (χ3n) is 6.47. The summed E-state index contributed by atoms with van der Waals surface area (Å²) in [6.07, 6.45) is 6.21. The van der Waals surface area contributed by atoms with Crippen LogP contribution in [-0.2, 0) is 23.8 Å². The Hall–Kier alpha value is -3.62. The molecule has 9 nitrogen and oxygen atoms in total. The van der Waals surface area contributed by atoms with Crippen LogP contribution in [0.1, 0.15) is 42.6 Å². The summed E-state index contributed by atoms with van der Waals surface area (Å²) in [5.41, 5.74) is 1.80. The van der Waals surface area contributed by atoms with Gasteiger partial charge in [-0.25, -0.2) is 4.98 Å². The second kappa shape index (κ2) is 7.22. The van der Waals surface area contributed by atoms with Gasteiger partial charge >= 0.3 is 5.97 Å². The second-order valence-corrected chi connectivity index (χ2v) is 8.36. The normalized spacial score (nSPS) is 17.9. The summed E-state index contributed by atoms with van der Waals surface area (Å²) in [5.74, 6) is 0.729. The summed E-state index contributed by atoms with van der Waals surface area (Å²) in [5, 5.41) is 14.5. The van der Waals surface area contributed by atoms with Crippen LogP contribution in [0.25, 0.3) is 22.7 Å². The Labute approximate surface area is 183 Å². The van der Waals surface area contributed by atoms with Crippen molar-refractivity contribution in [3.8, 4) is 11.5 Å². The Morgan fingerprint density at radius 2 is 1.91 bits per heavy atom. The van der Waals surface area contributed by atoms with Crippen LogP contribution >= 0.6 is 0 Å². The summed E-state index contributed by atoms with van der Waals surface area (Å²) >= 11 is 0. The van der Waals surface area contributed by atoms with Gasteiger partial charge in [-0.2, -0.15) is 5.10 Å². The summed E-state index contributed by atoms with van der Waals surface area (Å²) in [7, 11) is 4.83. The molecule has 1 N–H and O–H groups in total. The molecule has 5 rings (SSSR count). The molecular weight excluding hydrogens is 412 g/mol. The molecule has 3 heterocycles. The van der Waals surface area contributed by atoms with Gasteiger partial charge in [0.05, 0.1) is 26.0 Å². The fourth-order valence-electron chi connectivity index (χ4n) is 4.63. The first-order chi connectivity index (χ1) is 15.4. The van der Waals surface area contributed by atoms with E-state index in [9.17, 15) is 14.7 Å². The van der Waals surface area contributed by atoms with E-state index in [1.165, 1.54) is 14.2 Å². The number of ether oxygens (including phenoxy) is 2. The van der Waals surface area contributed by atoms with E-state index < -0.39 is 11.4 Å². The molecule has 2 aliphatic rings. The third kappa shape index (κ3) is 2.91. The summed E-state index contributed by atoms with van der Waals surface area (Å²) in [6.45, 7) is 0.607. The van der Waals surface area contributed by atoms with Gasteiger partial charge in [-0.3, -0.25) is 18.8 Å². The van der Waals surface area contributed by atoms with E-state index >= 15 is 0 Å². The topological polar surface area (TPSA) is 108 Å². The average Bonchev–Trinajstić information content (AvgIpc) is 3.51. The first-order valence-electron chi connectivity index (χ1n) is 10.5. The number of fused-ring (bicyclic) bond motifs is 2. The number of aliphatic carboxylic acids is 1. The number of hydrogen-bond donors (Lipinski definition) is 1. The van der Waals surface area contributed by atoms with Crippen molar-refractivity contribution in [2.45, 2.75) is 37.6 Å². The van der Waals surface area contributed by atoms with Gasteiger partial charge in [0, 0.05) is 13.6 Å². The first kappa shape index (κ1) is 20.3. The highest BCUT2D eigenvalue weighted by atomic mass is 16.5. The molecule has 0 amide bonds. The van der Waals surface area contributed by atoms with Crippen LogP contribution in [-0.4, -0.2) is 44.6 Å². The number of carboxylic acids is 1. The lowest BCUT2D eigenvalue weighted by Crippen LogP contribution is -2.27. The number of carboxylic acid groups (broad SMARTS) is 1. The number of methoxy groups -OCH3 is 2. The number of aromatic nitrogens is 4. The first-order valence-corrected chi connectivity index (χ1v) is 10.5. The van der Waals surface area contributed by atoms with E-state index in [1.807, 2.05) is 18.2 Å². The number of carbonyl (C=O) groups is 1. The molecule has 2 aromatic heterocycles. The monoisotopic (exact) mass is 436 g/mol. The van der Waals surface area contributed by atoms with Crippen molar-refractivity contribution in [1.29, 1.82) is 0 Å². The molecule has 166 valence electrons. The van der Waals surface area contributed by atoms with E-state index in [2.05, 4.69) is 5.10 Å². The number of benzene rings is 1. The lowest BCUT2D eigenvalue weighted by atomic mass is 9.92. The number of allylic oxidation sites excluding steroid dienone is 1. The number of rotatable bonds is 5. The van der Waals surface area contributed by atoms with Crippen LogP contribution in [0.2, 0.25) is 0 Å². The molecule has 32 heavy (non-hydrogen) atoms. The Bertz CT molecular complexity index is 1320. The van der Waals surface area contributed by atoms with Crippen LogP contribution in [0.3, 0.4) is 0 Å². The van der Waals surface area contributed by atoms with Crippen molar-refractivity contribution in [2.75, 3.05) is 14.2 Å². The zero-order valence-electron chi connectivity index (χ0n) is 18.2. The molecule has 0 saturated heterocycles. The van der Waals surface area contributed by atoms with Crippen LogP contribution in [0.4, 0.5) is 0 Å². The lowest BCUT2D eigenvalue weighted by molar-refractivity contribution is -0.140. The Morgan fingerprint density at radius 1 is 1.22 bits per heavy atom. The predicted molar refractivity (Wildman–Crippen MR) is 118 cm³/mol. The predicted octanol–water partition coefficient (Wildman–Crippen LogP) is 2.60. The molecule has 1 saturated carbocycles. The minimum atomic E-state index is -0.959. The maximum atomic E-state index is 13.0. The molecule has 0 unspecified atom stereocenters. The van der Waals surface area contributed by atoms with Gasteiger partial charge < -0.3 is 14.6 Å². The largest absolute Gasteiger partial charge is 0.496 e. The molecule has 3 aromatic rings. The van der Waals surface area contributed by atoms with Crippen molar-refractivity contribution in [2.24, 2.45) is 7.05 Å². The van der Waals surface area contributed by atoms with Crippen LogP contribution in [0.15, 0.2) is 23.1 Å². The zero-order valence-corrected chi connectivity index (χ0v) is 18.2. The summed E-state index contributed by atoms with van der Waals surface area (Å²) < 4.78 is 14.5. The smallest absolute Gasteiger partial charge is 0.314 e. The minimum absolute atomic E-state index is 0.0913. The number of hydrogen-bond acceptors (Lipinski definition) is 6. The van der Waals surface area contributed by atoms with Crippen molar-refractivity contribution >= 4 is 28.7 Å². The minimum Gasteiger partial charge on any atom is -0.496 e. The number of aryl methyl sites for hydroxylation is 1. The van der Waals surface area contributed by atoms with E-state index in [1.54, 1.807) is 22.5 Å². The highest BCUT2D eigenvalue weighted by Gasteiger charge is 2.55. The van der Waals surface area contributed by atoms with Gasteiger partial charge in [-0.05, 0) is 55.0 Å². The maximum Gasteiger partial charge on any atom is 0.314 e. The summed E-state index contributed by atoms with van der Waals surface area (Å²) in [6, 6.07) is 3.65. The molecule has 1 aromatic carbocycles. The molecule has 1 aliphatic heterocycles. The van der Waals surface area contributed by atoms with Crippen LogP contribution in [0, 0.1) is 0 Å². The van der Waals surface area contributed by atoms with Gasteiger partial charge in [-0.1, -0.05) is 0 Å². The summed E-state index contributed by atoms with van der Waals surface area (Å²) in [4.78, 5) is 29.6. The lowest BCUT2D eigenvalue weighted by Gasteiger charge is -2.21. The van der Waals surface area contributed by atoms with Crippen molar-refractivity contribution < 1.29 is 19.4 Å². The molecule has 9 heteroatoms. The Kier molecular flexibility index (Phi) is 4.58. The van der Waals surface area contributed by atoms with Crippen molar-refractivity contribution in [3.05, 3.63) is 45.6 Å². The van der Waals surface area contributed by atoms with Crippen LogP contribution in [0.5, 0.6) is 11.5 Å². The fourth-order valence-corrected chi connectivity index (χ4v) is 4.63. The third-order valence-corrected chi connectivity index (χ3v) is 6.47. The van der Waals surface area contributed by atoms with Crippen molar-refractivity contribution in [3.63, 3.8) is 0 Å². The Balaban J connectivity index is 1.66. The van der Waals surface area contributed by atoms with Gasteiger partial charge in [0.25, 0.3) is 5.56 Å². The molecule has 0 spiro atoms. The standard InChI is InChI=1S/C23H24N4O5/c1-26-20-15(12-24-26)21(28)27-8-4-5-14(19(27)25-20)9-13-10-16(31-2)18(17(11-13)32-3)23(6-7-23)22(29)30/h9-12H,4-8H2,1-3H3,(H,29,30)/b14-9+. The highest BCUT2D eigenvalue weighted by Crippen LogP contribution is 2.55. The molecule has 0 bridgehead atoms. The highest BCUT2D eigenvalue weighted by molar-refractivity contribution is 5.89. The SMILES string of the molecule is COc1cc(/C=C2\CCCn3c2nc2c(cnn2C)c3=O)cc(OC)c1C1(C(=O)O)CC1. The van der Waals surface area contributed by atoms with Gasteiger partial charge in [0.15, 0.2) is 5.65 Å². The number of nitrogens with zero attached hydrogens (tertiary/aromatic N) is 4. The molecule has 0 atom stereocenters. The molecular formula is C23H24N4O5. The second-order valence-electron chi connectivity index (χ2n) is 8.36. The van der Waals surface area contributed by atoms with Crippen LogP contribution < -0.4 is 15.0 Å². The van der Waals surface area contributed by atoms with Gasteiger partial charge in [0.2, 0.25) is 0 Å².